The Morgan fingerprint density at radius 3 is 1.97 bits per heavy atom. The van der Waals surface area contributed by atoms with Crippen molar-refractivity contribution in [2.45, 2.75) is 98.9 Å². The summed E-state index contributed by atoms with van der Waals surface area (Å²) in [6, 6.07) is 13.9. The predicted octanol–water partition coefficient (Wildman–Crippen LogP) is 7.44. The number of aryl methyl sites for hydroxylation is 2. The molecule has 194 valence electrons. The van der Waals surface area contributed by atoms with E-state index < -0.39 is 5.79 Å². The molecule has 2 heterocycles. The molecule has 2 aliphatic rings. The van der Waals surface area contributed by atoms with E-state index in [4.69, 9.17) is 19.5 Å². The Hall–Kier alpha value is -2.81. The van der Waals surface area contributed by atoms with Gasteiger partial charge in [0.05, 0.1) is 23.8 Å². The first kappa shape index (κ1) is 27.8. The number of fused-ring (bicyclic) bond motifs is 1. The van der Waals surface area contributed by atoms with Crippen molar-refractivity contribution in [1.29, 1.82) is 5.26 Å². The highest BCUT2D eigenvalue weighted by molar-refractivity contribution is 5.35. The molecule has 1 aliphatic carbocycles. The minimum atomic E-state index is -0.620. The number of rotatable bonds is 4. The van der Waals surface area contributed by atoms with Crippen LogP contribution in [0.2, 0.25) is 0 Å². The second kappa shape index (κ2) is 11.5. The molecule has 5 unspecified atom stereocenters. The van der Waals surface area contributed by atoms with Gasteiger partial charge in [0.2, 0.25) is 0 Å². The number of allylic oxidation sites excluding steroid dienone is 4. The Kier molecular flexibility index (Phi) is 8.87. The van der Waals surface area contributed by atoms with E-state index in [2.05, 4.69) is 83.4 Å². The van der Waals surface area contributed by atoms with E-state index in [1.165, 1.54) is 22.5 Å². The molecule has 1 aliphatic heterocycles. The van der Waals surface area contributed by atoms with Gasteiger partial charge in [0, 0.05) is 11.4 Å². The molecule has 1 aromatic heterocycles. The fraction of sp³-hybridized carbons (Fsp3) is 0.516. The topological polar surface area (TPSA) is 56.4 Å². The zero-order valence-electron chi connectivity index (χ0n) is 23.3. The minimum Gasteiger partial charge on any atom is -0.485 e. The first-order valence-corrected chi connectivity index (χ1v) is 12.9. The van der Waals surface area contributed by atoms with E-state index in [0.717, 1.165) is 12.2 Å². The van der Waals surface area contributed by atoms with Crippen LogP contribution < -0.4 is 4.74 Å². The number of benzene rings is 1. The van der Waals surface area contributed by atoms with Gasteiger partial charge in [-0.3, -0.25) is 0 Å². The van der Waals surface area contributed by atoms with Crippen molar-refractivity contribution in [1.82, 2.24) is 4.57 Å². The maximum atomic E-state index is 9.06. The molecular formula is C31H42N2O3. The first-order valence-electron chi connectivity index (χ1n) is 12.9. The normalized spacial score (nSPS) is 26.1. The van der Waals surface area contributed by atoms with E-state index in [1.54, 1.807) is 12.1 Å². The van der Waals surface area contributed by atoms with Crippen molar-refractivity contribution in [3.63, 3.8) is 0 Å². The number of hydrogen-bond donors (Lipinski definition) is 0. The molecule has 2 aromatic rings. The molecule has 4 rings (SSSR count). The lowest BCUT2D eigenvalue weighted by atomic mass is 9.80. The summed E-state index contributed by atoms with van der Waals surface area (Å²) in [6.45, 7) is 18.8. The van der Waals surface area contributed by atoms with Crippen molar-refractivity contribution in [2.24, 2.45) is 5.92 Å². The smallest absolute Gasteiger partial charge is 0.163 e. The van der Waals surface area contributed by atoms with E-state index in [1.807, 2.05) is 26.0 Å². The molecule has 0 N–H and O–H groups in total. The largest absolute Gasteiger partial charge is 0.485 e. The van der Waals surface area contributed by atoms with Crippen LogP contribution in [0.4, 0.5) is 0 Å². The van der Waals surface area contributed by atoms with E-state index in [-0.39, 0.29) is 24.4 Å². The molecule has 1 saturated heterocycles. The SMILES string of the molecule is CC(C)=CC=C(C)C.Cc1ccc(C)n1C1CC(C)C2OC(C)(C)OC2C1Oc1ccc(C#N)cc1. The van der Waals surface area contributed by atoms with Crippen molar-refractivity contribution in [3.8, 4) is 11.8 Å². The van der Waals surface area contributed by atoms with Gasteiger partial charge in [-0.15, -0.1) is 0 Å². The van der Waals surface area contributed by atoms with Gasteiger partial charge in [0.15, 0.2) is 5.79 Å². The van der Waals surface area contributed by atoms with Crippen LogP contribution in [0.15, 0.2) is 59.7 Å². The molecule has 0 spiro atoms. The number of aromatic nitrogens is 1. The van der Waals surface area contributed by atoms with Gasteiger partial charge in [-0.25, -0.2) is 0 Å². The summed E-state index contributed by atoms with van der Waals surface area (Å²) in [4.78, 5) is 0. The van der Waals surface area contributed by atoms with Crippen molar-refractivity contribution in [3.05, 3.63) is 76.6 Å². The molecule has 1 aromatic carbocycles. The predicted molar refractivity (Wildman–Crippen MR) is 145 cm³/mol. The maximum absolute atomic E-state index is 9.06. The van der Waals surface area contributed by atoms with Crippen LogP contribution in [0.25, 0.3) is 0 Å². The summed E-state index contributed by atoms with van der Waals surface area (Å²) in [5.41, 5.74) is 5.77. The van der Waals surface area contributed by atoms with E-state index in [0.29, 0.717) is 11.5 Å². The van der Waals surface area contributed by atoms with Gasteiger partial charge in [0.1, 0.15) is 18.0 Å². The summed E-state index contributed by atoms with van der Waals surface area (Å²) in [6.07, 6.45) is 4.87. The second-order valence-corrected chi connectivity index (χ2v) is 11.0. The fourth-order valence-corrected chi connectivity index (χ4v) is 5.08. The molecule has 0 bridgehead atoms. The highest BCUT2D eigenvalue weighted by atomic mass is 16.8. The molecular weight excluding hydrogens is 448 g/mol. The van der Waals surface area contributed by atoms with Crippen LogP contribution in [0, 0.1) is 31.1 Å². The van der Waals surface area contributed by atoms with Crippen molar-refractivity contribution < 1.29 is 14.2 Å². The van der Waals surface area contributed by atoms with E-state index >= 15 is 0 Å². The Morgan fingerprint density at radius 1 is 0.944 bits per heavy atom. The number of ether oxygens (including phenoxy) is 3. The van der Waals surface area contributed by atoms with Gasteiger partial charge in [0.25, 0.3) is 0 Å². The molecule has 5 heteroatoms. The standard InChI is InChI=1S/C23H28N2O3.C8H14/c1-14-12-19(25-15(2)6-7-16(25)3)21(22-20(14)27-23(4,5)28-22)26-18-10-8-17(13-24)9-11-18;1-7(2)5-6-8(3)4/h6-11,14,19-22H,12H2,1-5H3;5-6H,1-4H3. The number of nitriles is 1. The Bertz CT molecular complexity index is 1090. The highest BCUT2D eigenvalue weighted by Crippen LogP contribution is 2.45. The van der Waals surface area contributed by atoms with Crippen LogP contribution in [0.5, 0.6) is 5.75 Å². The third kappa shape index (κ3) is 6.69. The Balaban J connectivity index is 0.000000392. The lowest BCUT2D eigenvalue weighted by Gasteiger charge is -2.42. The zero-order valence-corrected chi connectivity index (χ0v) is 23.3. The first-order chi connectivity index (χ1) is 16.9. The second-order valence-electron chi connectivity index (χ2n) is 11.0. The minimum absolute atomic E-state index is 0.00538. The van der Waals surface area contributed by atoms with Gasteiger partial charge in [-0.1, -0.05) is 30.2 Å². The maximum Gasteiger partial charge on any atom is 0.163 e. The summed E-state index contributed by atoms with van der Waals surface area (Å²) < 4.78 is 21.5. The molecule has 0 amide bonds. The zero-order chi connectivity index (χ0) is 26.6. The summed E-state index contributed by atoms with van der Waals surface area (Å²) in [5.74, 6) is 0.489. The van der Waals surface area contributed by atoms with Gasteiger partial charge in [-0.2, -0.15) is 5.26 Å². The molecule has 1 saturated carbocycles. The van der Waals surface area contributed by atoms with Crippen LogP contribution in [0.3, 0.4) is 0 Å². The van der Waals surface area contributed by atoms with Crippen LogP contribution in [-0.2, 0) is 9.47 Å². The fourth-order valence-electron chi connectivity index (χ4n) is 5.08. The molecule has 2 fully saturated rings. The summed E-state index contributed by atoms with van der Waals surface area (Å²) in [5, 5.41) is 9.06. The van der Waals surface area contributed by atoms with Crippen LogP contribution >= 0.6 is 0 Å². The molecule has 36 heavy (non-hydrogen) atoms. The van der Waals surface area contributed by atoms with Gasteiger partial charge in [-0.05, 0) is 104 Å². The van der Waals surface area contributed by atoms with Gasteiger partial charge < -0.3 is 18.8 Å². The highest BCUT2D eigenvalue weighted by Gasteiger charge is 2.54. The quantitative estimate of drug-likeness (QED) is 0.418. The number of nitrogens with zero attached hydrogens (tertiary/aromatic N) is 2. The molecule has 0 radical (unpaired) electrons. The third-order valence-corrected chi connectivity index (χ3v) is 6.70. The molecule has 5 atom stereocenters. The summed E-state index contributed by atoms with van der Waals surface area (Å²) in [7, 11) is 0. The lowest BCUT2D eigenvalue weighted by molar-refractivity contribution is -0.154. The lowest BCUT2D eigenvalue weighted by Crippen LogP contribution is -2.52. The number of hydrogen-bond acceptors (Lipinski definition) is 4. The Labute approximate surface area is 217 Å². The monoisotopic (exact) mass is 490 g/mol. The average Bonchev–Trinajstić information content (AvgIpc) is 3.33. The van der Waals surface area contributed by atoms with Crippen molar-refractivity contribution >= 4 is 0 Å². The van der Waals surface area contributed by atoms with Gasteiger partial charge >= 0.3 is 0 Å². The van der Waals surface area contributed by atoms with Crippen LogP contribution in [-0.4, -0.2) is 28.7 Å². The summed E-state index contributed by atoms with van der Waals surface area (Å²) >= 11 is 0. The average molecular weight is 491 g/mol. The third-order valence-electron chi connectivity index (χ3n) is 6.70. The Morgan fingerprint density at radius 2 is 1.47 bits per heavy atom. The molecule has 5 nitrogen and oxygen atoms in total. The van der Waals surface area contributed by atoms with Crippen LogP contribution in [0.1, 0.15) is 77.9 Å². The van der Waals surface area contributed by atoms with Crippen molar-refractivity contribution in [2.75, 3.05) is 0 Å². The van der Waals surface area contributed by atoms with E-state index in [9.17, 15) is 0 Å².